The van der Waals surface area contributed by atoms with E-state index in [1.165, 1.54) is 15.3 Å². The zero-order valence-electron chi connectivity index (χ0n) is 17.2. The third-order valence-electron chi connectivity index (χ3n) is 5.52. The van der Waals surface area contributed by atoms with Crippen molar-refractivity contribution in [3.05, 3.63) is 93.7 Å². The van der Waals surface area contributed by atoms with Crippen LogP contribution >= 0.6 is 11.3 Å². The molecule has 30 heavy (non-hydrogen) atoms. The topological polar surface area (TPSA) is 52.6 Å². The predicted molar refractivity (Wildman–Crippen MR) is 119 cm³/mol. The van der Waals surface area contributed by atoms with Crippen LogP contribution < -0.4 is 5.32 Å². The van der Waals surface area contributed by atoms with E-state index < -0.39 is 5.54 Å². The highest BCUT2D eigenvalue weighted by Gasteiger charge is 2.52. The molecule has 5 nitrogen and oxygen atoms in total. The Labute approximate surface area is 180 Å². The summed E-state index contributed by atoms with van der Waals surface area (Å²) in [6.07, 6.45) is 0.409. The minimum atomic E-state index is -1.10. The molecule has 0 unspecified atom stereocenters. The fourth-order valence-electron chi connectivity index (χ4n) is 3.90. The van der Waals surface area contributed by atoms with Crippen LogP contribution in [0.5, 0.6) is 0 Å². The molecule has 1 aromatic heterocycles. The molecule has 1 N–H and O–H groups in total. The summed E-state index contributed by atoms with van der Waals surface area (Å²) in [5, 5.41) is 5.08. The number of nitrogens with zero attached hydrogens (tertiary/aromatic N) is 2. The van der Waals surface area contributed by atoms with Crippen LogP contribution in [0.25, 0.3) is 0 Å². The van der Waals surface area contributed by atoms with Crippen LogP contribution in [0.2, 0.25) is 0 Å². The number of rotatable bonds is 7. The second kappa shape index (κ2) is 8.42. The second-order valence-corrected chi connectivity index (χ2v) is 8.78. The van der Waals surface area contributed by atoms with E-state index in [2.05, 4.69) is 23.7 Å². The molecule has 1 atom stereocenters. The molecule has 1 aliphatic rings. The van der Waals surface area contributed by atoms with Gasteiger partial charge in [0, 0.05) is 17.8 Å². The molecule has 154 valence electrons. The first-order chi connectivity index (χ1) is 14.5. The molecule has 4 rings (SSSR count). The minimum absolute atomic E-state index is 0.211. The fourth-order valence-corrected chi connectivity index (χ4v) is 4.88. The summed E-state index contributed by atoms with van der Waals surface area (Å²) in [5.74, 6) is -0.211. The summed E-state index contributed by atoms with van der Waals surface area (Å²) >= 11 is 1.69. The largest absolute Gasteiger partial charge is 0.326 e. The average molecular weight is 420 g/mol. The van der Waals surface area contributed by atoms with E-state index in [-0.39, 0.29) is 18.6 Å². The lowest BCUT2D eigenvalue weighted by Crippen LogP contribution is -2.46. The van der Waals surface area contributed by atoms with Crippen LogP contribution in [-0.4, -0.2) is 35.5 Å². The Morgan fingerprint density at radius 3 is 2.30 bits per heavy atom. The number of imide groups is 1. The molecule has 2 heterocycles. The smallest absolute Gasteiger partial charge is 0.319 e. The van der Waals surface area contributed by atoms with Gasteiger partial charge in [0.15, 0.2) is 5.54 Å². The minimum Gasteiger partial charge on any atom is -0.319 e. The van der Waals surface area contributed by atoms with Crippen LogP contribution in [-0.2, 0) is 23.3 Å². The molecule has 2 aromatic carbocycles. The van der Waals surface area contributed by atoms with Gasteiger partial charge in [0.2, 0.25) is 0 Å². The lowest BCUT2D eigenvalue weighted by Gasteiger charge is -2.28. The van der Waals surface area contributed by atoms with E-state index in [9.17, 15) is 9.59 Å². The summed E-state index contributed by atoms with van der Waals surface area (Å²) in [7, 11) is 1.93. The van der Waals surface area contributed by atoms with Gasteiger partial charge in [-0.1, -0.05) is 60.7 Å². The zero-order valence-corrected chi connectivity index (χ0v) is 18.0. The molecule has 0 saturated carbocycles. The van der Waals surface area contributed by atoms with Crippen molar-refractivity contribution in [1.82, 2.24) is 15.1 Å². The zero-order chi connectivity index (χ0) is 21.1. The molecular formula is C24H25N3O2S. The van der Waals surface area contributed by atoms with Gasteiger partial charge in [-0.05, 0) is 42.1 Å². The van der Waals surface area contributed by atoms with Gasteiger partial charge in [-0.25, -0.2) is 9.69 Å². The quantitative estimate of drug-likeness (QED) is 0.586. The number of nitrogens with one attached hydrogen (secondary N) is 1. The third kappa shape index (κ3) is 3.88. The average Bonchev–Trinajstić information content (AvgIpc) is 3.26. The summed E-state index contributed by atoms with van der Waals surface area (Å²) in [6.45, 7) is 3.01. The van der Waals surface area contributed by atoms with Crippen LogP contribution in [0.1, 0.15) is 21.6 Å². The number of hydrogen-bond acceptors (Lipinski definition) is 4. The first-order valence-corrected chi connectivity index (χ1v) is 10.8. The lowest BCUT2D eigenvalue weighted by atomic mass is 9.83. The van der Waals surface area contributed by atoms with Gasteiger partial charge in [0.1, 0.15) is 0 Å². The van der Waals surface area contributed by atoms with Crippen LogP contribution in [0.3, 0.4) is 0 Å². The molecule has 1 aliphatic heterocycles. The van der Waals surface area contributed by atoms with Gasteiger partial charge in [0.05, 0.1) is 6.67 Å². The highest BCUT2D eigenvalue weighted by molar-refractivity contribution is 7.10. The van der Waals surface area contributed by atoms with Crippen LogP contribution in [0.4, 0.5) is 4.79 Å². The number of hydrogen-bond donors (Lipinski definition) is 1. The Kier molecular flexibility index (Phi) is 5.70. The normalized spacial score (nSPS) is 18.8. The summed E-state index contributed by atoms with van der Waals surface area (Å²) < 4.78 is 0. The summed E-state index contributed by atoms with van der Waals surface area (Å²) in [6, 6.07) is 21.1. The van der Waals surface area contributed by atoms with Crippen molar-refractivity contribution in [2.24, 2.45) is 0 Å². The first kappa shape index (κ1) is 20.3. The molecule has 3 aromatic rings. The van der Waals surface area contributed by atoms with E-state index >= 15 is 0 Å². The number of benzene rings is 2. The third-order valence-corrected chi connectivity index (χ3v) is 6.53. The molecular weight excluding hydrogens is 394 g/mol. The van der Waals surface area contributed by atoms with E-state index in [1.807, 2.05) is 72.6 Å². The Morgan fingerprint density at radius 1 is 1.00 bits per heavy atom. The van der Waals surface area contributed by atoms with Crippen LogP contribution in [0, 0.1) is 6.92 Å². The molecule has 3 amide bonds. The van der Waals surface area contributed by atoms with Gasteiger partial charge in [-0.15, -0.1) is 11.3 Å². The van der Waals surface area contributed by atoms with Crippen molar-refractivity contribution in [2.75, 3.05) is 13.7 Å². The fraction of sp³-hybridized carbons (Fsp3) is 0.250. The molecule has 6 heteroatoms. The van der Waals surface area contributed by atoms with E-state index in [0.717, 1.165) is 11.1 Å². The Balaban J connectivity index is 1.61. The Bertz CT molecular complexity index is 1030. The number of thiophene rings is 1. The molecule has 0 aliphatic carbocycles. The van der Waals surface area contributed by atoms with Crippen molar-refractivity contribution >= 4 is 23.3 Å². The number of carbonyl (C=O) groups is 2. The standard InChI is InChI=1S/C24H25N3O2S/c1-18-13-14-30-21(18)16-26(2)17-27-22(28)24(25-23(27)29,20-11-7-4-8-12-20)15-19-9-5-3-6-10-19/h3-14H,15-17H2,1-2H3,(H,25,29)/t24-/m1/s1. The van der Waals surface area contributed by atoms with E-state index in [4.69, 9.17) is 0 Å². The van der Waals surface area contributed by atoms with Crippen LogP contribution in [0.15, 0.2) is 72.1 Å². The van der Waals surface area contributed by atoms with Gasteiger partial charge < -0.3 is 5.32 Å². The summed E-state index contributed by atoms with van der Waals surface area (Å²) in [5.41, 5.74) is 1.93. The number of aryl methyl sites for hydroxylation is 1. The Hall–Kier alpha value is -2.96. The van der Waals surface area contributed by atoms with Crippen molar-refractivity contribution in [1.29, 1.82) is 0 Å². The number of carbonyl (C=O) groups excluding carboxylic acids is 2. The van der Waals surface area contributed by atoms with E-state index in [0.29, 0.717) is 13.0 Å². The molecule has 1 fully saturated rings. The SMILES string of the molecule is Cc1ccsc1CN(C)CN1C(=O)N[C@](Cc2ccccc2)(c2ccccc2)C1=O. The van der Waals surface area contributed by atoms with Crippen molar-refractivity contribution in [3.63, 3.8) is 0 Å². The van der Waals surface area contributed by atoms with Crippen molar-refractivity contribution in [3.8, 4) is 0 Å². The predicted octanol–water partition coefficient (Wildman–Crippen LogP) is 4.14. The van der Waals surface area contributed by atoms with Gasteiger partial charge in [-0.3, -0.25) is 9.69 Å². The van der Waals surface area contributed by atoms with Gasteiger partial charge in [0.25, 0.3) is 5.91 Å². The van der Waals surface area contributed by atoms with Gasteiger partial charge in [-0.2, -0.15) is 0 Å². The molecule has 0 bridgehead atoms. The summed E-state index contributed by atoms with van der Waals surface area (Å²) in [4.78, 5) is 31.2. The van der Waals surface area contributed by atoms with Gasteiger partial charge >= 0.3 is 6.03 Å². The maximum Gasteiger partial charge on any atom is 0.326 e. The highest BCUT2D eigenvalue weighted by Crippen LogP contribution is 2.33. The number of amides is 3. The molecule has 0 spiro atoms. The van der Waals surface area contributed by atoms with Crippen molar-refractivity contribution in [2.45, 2.75) is 25.4 Å². The maximum absolute atomic E-state index is 13.7. The monoisotopic (exact) mass is 419 g/mol. The second-order valence-electron chi connectivity index (χ2n) is 7.78. The maximum atomic E-state index is 13.7. The highest BCUT2D eigenvalue weighted by atomic mass is 32.1. The van der Waals surface area contributed by atoms with E-state index in [1.54, 1.807) is 11.3 Å². The van der Waals surface area contributed by atoms with Crippen molar-refractivity contribution < 1.29 is 9.59 Å². The lowest BCUT2D eigenvalue weighted by molar-refractivity contribution is -0.133. The number of urea groups is 1. The first-order valence-electron chi connectivity index (χ1n) is 9.95. The Morgan fingerprint density at radius 2 is 1.67 bits per heavy atom. The molecule has 1 saturated heterocycles. The molecule has 0 radical (unpaired) electrons.